The summed E-state index contributed by atoms with van der Waals surface area (Å²) < 4.78 is 27.4. The molecule has 0 unspecified atom stereocenters. The van der Waals surface area contributed by atoms with Crippen LogP contribution in [-0.4, -0.2) is 35.0 Å². The number of anilines is 3. The van der Waals surface area contributed by atoms with Crippen LogP contribution >= 0.6 is 0 Å². The number of halogens is 2. The van der Waals surface area contributed by atoms with E-state index < -0.39 is 17.5 Å². The number of nitrogens with two attached hydrogens (primary N) is 2. The highest BCUT2D eigenvalue weighted by atomic mass is 19.1. The first-order chi connectivity index (χ1) is 14.9. The van der Waals surface area contributed by atoms with Crippen LogP contribution in [0.25, 0.3) is 11.3 Å². The van der Waals surface area contributed by atoms with Gasteiger partial charge in [0.05, 0.1) is 29.0 Å². The van der Waals surface area contributed by atoms with Crippen molar-refractivity contribution in [3.8, 4) is 11.3 Å². The van der Waals surface area contributed by atoms with Gasteiger partial charge in [0.1, 0.15) is 11.6 Å². The van der Waals surface area contributed by atoms with Crippen molar-refractivity contribution < 1.29 is 13.6 Å². The zero-order valence-electron chi connectivity index (χ0n) is 16.7. The van der Waals surface area contributed by atoms with Crippen LogP contribution in [0.15, 0.2) is 48.8 Å². The molecule has 1 atom stereocenters. The Morgan fingerprint density at radius 2 is 2.03 bits per heavy atom. The van der Waals surface area contributed by atoms with Crippen molar-refractivity contribution in [1.29, 1.82) is 0 Å². The summed E-state index contributed by atoms with van der Waals surface area (Å²) in [7, 11) is 0. The highest BCUT2D eigenvalue weighted by Crippen LogP contribution is 2.29. The van der Waals surface area contributed by atoms with Crippen molar-refractivity contribution >= 4 is 23.0 Å². The number of nitrogen functional groups attached to an aromatic ring is 1. The number of aromatic nitrogens is 2. The number of hydrogen-bond donors (Lipinski definition) is 3. The number of nitrogens with zero attached hydrogens (tertiary/aromatic N) is 3. The van der Waals surface area contributed by atoms with E-state index in [0.717, 1.165) is 37.2 Å². The summed E-state index contributed by atoms with van der Waals surface area (Å²) in [5.74, 6) is -2.03. The molecule has 160 valence electrons. The molecule has 1 amide bonds. The fourth-order valence-corrected chi connectivity index (χ4v) is 3.67. The van der Waals surface area contributed by atoms with Gasteiger partial charge in [0.25, 0.3) is 5.91 Å². The molecule has 7 nitrogen and oxygen atoms in total. The van der Waals surface area contributed by atoms with Crippen LogP contribution in [0.1, 0.15) is 23.3 Å². The monoisotopic (exact) mass is 424 g/mol. The highest BCUT2D eigenvalue weighted by Gasteiger charge is 2.22. The number of carbonyl (C=O) groups is 1. The van der Waals surface area contributed by atoms with Gasteiger partial charge in [-0.15, -0.1) is 0 Å². The maximum absolute atomic E-state index is 14.2. The molecule has 5 N–H and O–H groups in total. The predicted molar refractivity (Wildman–Crippen MR) is 116 cm³/mol. The molecule has 9 heteroatoms. The fraction of sp³-hybridized carbons (Fsp3) is 0.227. The first-order valence-corrected chi connectivity index (χ1v) is 9.90. The van der Waals surface area contributed by atoms with Gasteiger partial charge in [-0.3, -0.25) is 9.78 Å². The summed E-state index contributed by atoms with van der Waals surface area (Å²) >= 11 is 0. The van der Waals surface area contributed by atoms with Crippen molar-refractivity contribution in [2.24, 2.45) is 5.73 Å². The Kier molecular flexibility index (Phi) is 5.77. The normalized spacial score (nSPS) is 16.2. The van der Waals surface area contributed by atoms with Crippen LogP contribution in [0.2, 0.25) is 0 Å². The van der Waals surface area contributed by atoms with Crippen molar-refractivity contribution in [1.82, 2.24) is 9.97 Å². The summed E-state index contributed by atoms with van der Waals surface area (Å²) in [4.78, 5) is 23.4. The van der Waals surface area contributed by atoms with Crippen molar-refractivity contribution in [2.75, 3.05) is 29.0 Å². The molecule has 1 aromatic carbocycles. The molecular formula is C22H22F2N6O. The van der Waals surface area contributed by atoms with Crippen LogP contribution in [-0.2, 0) is 0 Å². The van der Waals surface area contributed by atoms with E-state index in [9.17, 15) is 13.6 Å². The lowest BCUT2D eigenvalue weighted by Gasteiger charge is -2.33. The van der Waals surface area contributed by atoms with E-state index >= 15 is 0 Å². The second-order valence-electron chi connectivity index (χ2n) is 7.45. The molecule has 0 aliphatic carbocycles. The number of nitrogens with one attached hydrogen (secondary N) is 1. The maximum Gasteiger partial charge on any atom is 0.276 e. The molecule has 4 rings (SSSR count). The largest absolute Gasteiger partial charge is 0.397 e. The second-order valence-corrected chi connectivity index (χ2v) is 7.45. The molecular weight excluding hydrogens is 402 g/mol. The molecule has 0 bridgehead atoms. The highest BCUT2D eigenvalue weighted by molar-refractivity contribution is 6.07. The topological polar surface area (TPSA) is 110 Å². The summed E-state index contributed by atoms with van der Waals surface area (Å²) in [5.41, 5.74) is 13.7. The number of piperidine rings is 1. The molecule has 3 aromatic rings. The standard InChI is InChI=1S/C22H22F2N6O/c23-13-3-4-15(16(24)10-13)18-6-5-17(26)21(28-18)22(31)29-19-11-27-8-7-20(19)30-9-1-2-14(25)12-30/h3-8,10-11,14H,1-2,9,12,25-26H2,(H,29,31)/t14-/m0/s1. The number of amides is 1. The predicted octanol–water partition coefficient (Wildman–Crippen LogP) is 3.18. The summed E-state index contributed by atoms with van der Waals surface area (Å²) in [5, 5.41) is 2.80. The average molecular weight is 424 g/mol. The van der Waals surface area contributed by atoms with E-state index in [1.165, 1.54) is 18.2 Å². The Morgan fingerprint density at radius 3 is 2.81 bits per heavy atom. The number of pyridine rings is 2. The SMILES string of the molecule is Nc1ccc(-c2ccc(F)cc2F)nc1C(=O)Nc1cnccc1N1CCC[C@H](N)C1. The second kappa shape index (κ2) is 8.65. The van der Waals surface area contributed by atoms with Crippen LogP contribution in [0, 0.1) is 11.6 Å². The van der Waals surface area contributed by atoms with E-state index in [2.05, 4.69) is 20.2 Å². The van der Waals surface area contributed by atoms with E-state index in [4.69, 9.17) is 11.5 Å². The molecule has 0 saturated carbocycles. The molecule has 1 aliphatic rings. The zero-order valence-corrected chi connectivity index (χ0v) is 16.7. The van der Waals surface area contributed by atoms with Gasteiger partial charge in [0.2, 0.25) is 0 Å². The average Bonchev–Trinajstić information content (AvgIpc) is 2.75. The molecule has 1 saturated heterocycles. The Bertz CT molecular complexity index is 1120. The lowest BCUT2D eigenvalue weighted by molar-refractivity contribution is 0.102. The van der Waals surface area contributed by atoms with Gasteiger partial charge < -0.3 is 21.7 Å². The van der Waals surface area contributed by atoms with Crippen LogP contribution in [0.5, 0.6) is 0 Å². The number of benzene rings is 1. The molecule has 1 fully saturated rings. The Hall–Kier alpha value is -3.59. The smallest absolute Gasteiger partial charge is 0.276 e. The number of carbonyl (C=O) groups excluding carboxylic acids is 1. The van der Waals surface area contributed by atoms with Gasteiger partial charge in [-0.25, -0.2) is 13.8 Å². The third-order valence-electron chi connectivity index (χ3n) is 5.19. The van der Waals surface area contributed by atoms with Crippen LogP contribution in [0.3, 0.4) is 0 Å². The molecule has 1 aliphatic heterocycles. The van der Waals surface area contributed by atoms with Gasteiger partial charge in [-0.1, -0.05) is 0 Å². The third kappa shape index (κ3) is 4.46. The Balaban J connectivity index is 1.63. The third-order valence-corrected chi connectivity index (χ3v) is 5.19. The van der Waals surface area contributed by atoms with Gasteiger partial charge in [0.15, 0.2) is 5.69 Å². The van der Waals surface area contributed by atoms with Gasteiger partial charge >= 0.3 is 0 Å². The fourth-order valence-electron chi connectivity index (χ4n) is 3.67. The van der Waals surface area contributed by atoms with Gasteiger partial charge in [0, 0.05) is 37.0 Å². The lowest BCUT2D eigenvalue weighted by Crippen LogP contribution is -2.43. The van der Waals surface area contributed by atoms with E-state index in [0.29, 0.717) is 12.2 Å². The van der Waals surface area contributed by atoms with E-state index in [1.54, 1.807) is 12.4 Å². The molecule has 2 aromatic heterocycles. The van der Waals surface area contributed by atoms with E-state index in [-0.39, 0.29) is 28.7 Å². The van der Waals surface area contributed by atoms with E-state index in [1.807, 2.05) is 6.07 Å². The first kappa shape index (κ1) is 20.7. The minimum absolute atomic E-state index is 0.0602. The minimum atomic E-state index is -0.778. The molecule has 0 radical (unpaired) electrons. The maximum atomic E-state index is 14.2. The van der Waals surface area contributed by atoms with Gasteiger partial charge in [-0.2, -0.15) is 0 Å². The van der Waals surface area contributed by atoms with Crippen molar-refractivity contribution in [3.05, 3.63) is 66.1 Å². The molecule has 31 heavy (non-hydrogen) atoms. The summed E-state index contributed by atoms with van der Waals surface area (Å²) in [6, 6.07) is 7.98. The first-order valence-electron chi connectivity index (χ1n) is 9.90. The van der Waals surface area contributed by atoms with Crippen LogP contribution < -0.4 is 21.7 Å². The summed E-state index contributed by atoms with van der Waals surface area (Å²) in [6.07, 6.45) is 5.11. The molecule has 0 spiro atoms. The Morgan fingerprint density at radius 1 is 1.19 bits per heavy atom. The number of rotatable bonds is 4. The molecule has 3 heterocycles. The lowest BCUT2D eigenvalue weighted by atomic mass is 10.1. The quantitative estimate of drug-likeness (QED) is 0.593. The zero-order chi connectivity index (χ0) is 22.0. The Labute approximate surface area is 178 Å². The minimum Gasteiger partial charge on any atom is -0.397 e. The van der Waals surface area contributed by atoms with Crippen molar-refractivity contribution in [2.45, 2.75) is 18.9 Å². The number of hydrogen-bond acceptors (Lipinski definition) is 6. The van der Waals surface area contributed by atoms with Gasteiger partial charge in [-0.05, 0) is 43.2 Å². The van der Waals surface area contributed by atoms with Crippen LogP contribution in [0.4, 0.5) is 25.8 Å². The van der Waals surface area contributed by atoms with Crippen molar-refractivity contribution in [3.63, 3.8) is 0 Å². The summed E-state index contributed by atoms with van der Waals surface area (Å²) in [6.45, 7) is 1.49.